The van der Waals surface area contributed by atoms with Gasteiger partial charge in [-0.1, -0.05) is 36.4 Å². The highest BCUT2D eigenvalue weighted by Crippen LogP contribution is 2.09. The Morgan fingerprint density at radius 2 is 1.86 bits per heavy atom. The van der Waals surface area contributed by atoms with E-state index in [0.29, 0.717) is 10.6 Å². The number of carboxylic acid groups (broad SMARTS) is 1. The summed E-state index contributed by atoms with van der Waals surface area (Å²) < 4.78 is 0. The van der Waals surface area contributed by atoms with Gasteiger partial charge >= 0.3 is 5.97 Å². The van der Waals surface area contributed by atoms with Crippen LogP contribution in [0.5, 0.6) is 0 Å². The highest BCUT2D eigenvalue weighted by atomic mass is 32.1. The SMILES string of the molecule is O=C(O)CC/C(=N\NC(=O)c1cccs1)c1ccccc1. The summed E-state index contributed by atoms with van der Waals surface area (Å²) in [6.07, 6.45) is 0.215. The minimum absolute atomic E-state index is 0.0391. The van der Waals surface area contributed by atoms with E-state index in [9.17, 15) is 9.59 Å². The van der Waals surface area contributed by atoms with Crippen LogP contribution in [-0.4, -0.2) is 22.7 Å². The number of thiophene rings is 1. The highest BCUT2D eigenvalue weighted by molar-refractivity contribution is 7.12. The second-order valence-corrected chi connectivity index (χ2v) is 5.18. The molecule has 108 valence electrons. The first-order chi connectivity index (χ1) is 10.2. The minimum atomic E-state index is -0.900. The third-order valence-electron chi connectivity index (χ3n) is 2.72. The Hall–Kier alpha value is -2.47. The lowest BCUT2D eigenvalue weighted by Gasteiger charge is -2.06. The van der Waals surface area contributed by atoms with Crippen LogP contribution in [0.2, 0.25) is 0 Å². The molecule has 2 rings (SSSR count). The number of benzene rings is 1. The van der Waals surface area contributed by atoms with E-state index < -0.39 is 5.97 Å². The van der Waals surface area contributed by atoms with Crippen LogP contribution in [0.3, 0.4) is 0 Å². The van der Waals surface area contributed by atoms with E-state index >= 15 is 0 Å². The van der Waals surface area contributed by atoms with Gasteiger partial charge in [-0.2, -0.15) is 5.10 Å². The van der Waals surface area contributed by atoms with E-state index in [0.717, 1.165) is 5.56 Å². The van der Waals surface area contributed by atoms with Gasteiger partial charge in [0.1, 0.15) is 0 Å². The minimum Gasteiger partial charge on any atom is -0.481 e. The predicted molar refractivity (Wildman–Crippen MR) is 81.6 cm³/mol. The van der Waals surface area contributed by atoms with Crippen molar-refractivity contribution in [1.29, 1.82) is 0 Å². The van der Waals surface area contributed by atoms with Crippen molar-refractivity contribution in [3.63, 3.8) is 0 Å². The molecule has 0 saturated heterocycles. The summed E-state index contributed by atoms with van der Waals surface area (Å²) in [5, 5.41) is 14.7. The van der Waals surface area contributed by atoms with Crippen LogP contribution >= 0.6 is 11.3 Å². The smallest absolute Gasteiger partial charge is 0.303 e. The number of hydrazone groups is 1. The molecule has 0 aliphatic carbocycles. The van der Waals surface area contributed by atoms with Crippen molar-refractivity contribution in [2.45, 2.75) is 12.8 Å². The second-order valence-electron chi connectivity index (χ2n) is 4.24. The van der Waals surface area contributed by atoms with E-state index in [4.69, 9.17) is 5.11 Å². The molecule has 0 atom stereocenters. The largest absolute Gasteiger partial charge is 0.481 e. The van der Waals surface area contributed by atoms with E-state index in [-0.39, 0.29) is 18.7 Å². The summed E-state index contributed by atoms with van der Waals surface area (Å²) in [6.45, 7) is 0. The second kappa shape index (κ2) is 7.35. The fourth-order valence-corrected chi connectivity index (χ4v) is 2.32. The zero-order valence-corrected chi connectivity index (χ0v) is 12.0. The Morgan fingerprint density at radius 1 is 1.10 bits per heavy atom. The molecule has 6 heteroatoms. The van der Waals surface area contributed by atoms with Crippen molar-refractivity contribution in [2.24, 2.45) is 5.10 Å². The van der Waals surface area contributed by atoms with Gasteiger partial charge in [-0.25, -0.2) is 5.43 Å². The van der Waals surface area contributed by atoms with Crippen molar-refractivity contribution in [2.75, 3.05) is 0 Å². The van der Waals surface area contributed by atoms with Gasteiger partial charge in [-0.05, 0) is 17.0 Å². The van der Waals surface area contributed by atoms with Crippen molar-refractivity contribution in [3.8, 4) is 0 Å². The number of hydrogen-bond acceptors (Lipinski definition) is 4. The third kappa shape index (κ3) is 4.54. The van der Waals surface area contributed by atoms with Gasteiger partial charge in [-0.15, -0.1) is 11.3 Å². The zero-order valence-electron chi connectivity index (χ0n) is 11.2. The molecule has 0 radical (unpaired) electrons. The number of carboxylic acids is 1. The lowest BCUT2D eigenvalue weighted by atomic mass is 10.1. The number of aliphatic carboxylic acids is 1. The van der Waals surface area contributed by atoms with Gasteiger partial charge in [0.2, 0.25) is 0 Å². The van der Waals surface area contributed by atoms with Crippen LogP contribution in [0.4, 0.5) is 0 Å². The molecule has 1 amide bonds. The topological polar surface area (TPSA) is 78.8 Å². The van der Waals surface area contributed by atoms with Crippen LogP contribution in [-0.2, 0) is 4.79 Å². The maximum Gasteiger partial charge on any atom is 0.303 e. The van der Waals surface area contributed by atoms with Gasteiger partial charge in [0, 0.05) is 6.42 Å². The molecule has 21 heavy (non-hydrogen) atoms. The maximum absolute atomic E-state index is 11.9. The Morgan fingerprint density at radius 3 is 2.48 bits per heavy atom. The molecule has 0 unspecified atom stereocenters. The first kappa shape index (κ1) is 14.9. The monoisotopic (exact) mass is 302 g/mol. The predicted octanol–water partition coefficient (Wildman–Crippen LogP) is 2.75. The number of carbonyl (C=O) groups is 2. The molecule has 0 saturated carbocycles. The molecule has 0 bridgehead atoms. The molecule has 1 aromatic heterocycles. The summed E-state index contributed by atoms with van der Waals surface area (Å²) in [7, 11) is 0. The summed E-state index contributed by atoms with van der Waals surface area (Å²) in [5.74, 6) is -1.20. The van der Waals surface area contributed by atoms with Gasteiger partial charge in [0.15, 0.2) is 0 Å². The normalized spacial score (nSPS) is 11.1. The molecule has 0 aliphatic rings. The Labute approximate surface area is 125 Å². The number of carbonyl (C=O) groups excluding carboxylic acids is 1. The molecule has 2 aromatic rings. The van der Waals surface area contributed by atoms with E-state index in [1.165, 1.54) is 11.3 Å². The van der Waals surface area contributed by atoms with Crippen molar-refractivity contribution >= 4 is 28.9 Å². The third-order valence-corrected chi connectivity index (χ3v) is 3.59. The molecule has 0 fully saturated rings. The number of amides is 1. The average molecular weight is 302 g/mol. The molecule has 0 aliphatic heterocycles. The molecule has 2 N–H and O–H groups in total. The van der Waals surface area contributed by atoms with Crippen LogP contribution in [0.1, 0.15) is 28.1 Å². The number of nitrogens with zero attached hydrogens (tertiary/aromatic N) is 1. The summed E-state index contributed by atoms with van der Waals surface area (Å²) >= 11 is 1.32. The summed E-state index contributed by atoms with van der Waals surface area (Å²) in [4.78, 5) is 23.1. The van der Waals surface area contributed by atoms with Crippen LogP contribution in [0, 0.1) is 0 Å². The number of hydrogen-bond donors (Lipinski definition) is 2. The van der Waals surface area contributed by atoms with E-state index in [2.05, 4.69) is 10.5 Å². The van der Waals surface area contributed by atoms with E-state index in [1.807, 2.05) is 30.3 Å². The fourth-order valence-electron chi connectivity index (χ4n) is 1.70. The Balaban J connectivity index is 2.12. The van der Waals surface area contributed by atoms with Crippen molar-refractivity contribution in [1.82, 2.24) is 5.43 Å². The summed E-state index contributed by atoms with van der Waals surface area (Å²) in [5.41, 5.74) is 3.81. The summed E-state index contributed by atoms with van der Waals surface area (Å²) in [6, 6.07) is 12.7. The van der Waals surface area contributed by atoms with Crippen molar-refractivity contribution in [3.05, 3.63) is 58.3 Å². The molecule has 1 aromatic carbocycles. The average Bonchev–Trinajstić information content (AvgIpc) is 3.02. The number of rotatable bonds is 6. The molecule has 0 spiro atoms. The lowest BCUT2D eigenvalue weighted by molar-refractivity contribution is -0.136. The van der Waals surface area contributed by atoms with Gasteiger partial charge < -0.3 is 5.11 Å². The lowest BCUT2D eigenvalue weighted by Crippen LogP contribution is -2.19. The van der Waals surface area contributed by atoms with Crippen LogP contribution in [0.25, 0.3) is 0 Å². The fraction of sp³-hybridized carbons (Fsp3) is 0.133. The quantitative estimate of drug-likeness (QED) is 0.636. The first-order valence-corrected chi connectivity index (χ1v) is 7.22. The zero-order chi connectivity index (χ0) is 15.1. The molecule has 5 nitrogen and oxygen atoms in total. The molecular weight excluding hydrogens is 288 g/mol. The van der Waals surface area contributed by atoms with Crippen molar-refractivity contribution < 1.29 is 14.7 Å². The first-order valence-electron chi connectivity index (χ1n) is 6.34. The maximum atomic E-state index is 11.9. The number of nitrogens with one attached hydrogen (secondary N) is 1. The van der Waals surface area contributed by atoms with Gasteiger partial charge in [0.25, 0.3) is 5.91 Å². The molecular formula is C15H14N2O3S. The Bertz CT molecular complexity index is 636. The molecule has 1 heterocycles. The van der Waals surface area contributed by atoms with Gasteiger partial charge in [0.05, 0.1) is 17.0 Å². The van der Waals surface area contributed by atoms with E-state index in [1.54, 1.807) is 17.5 Å². The highest BCUT2D eigenvalue weighted by Gasteiger charge is 2.09. The standard InChI is InChI=1S/C15H14N2O3S/c18-14(19)9-8-12(11-5-2-1-3-6-11)16-17-15(20)13-7-4-10-21-13/h1-7,10H,8-9H2,(H,17,20)(H,18,19)/b16-12+. The van der Waals surface area contributed by atoms with Crippen LogP contribution < -0.4 is 5.43 Å². The van der Waals surface area contributed by atoms with Gasteiger partial charge in [-0.3, -0.25) is 9.59 Å². The Kier molecular flexibility index (Phi) is 5.22. The van der Waals surface area contributed by atoms with Crippen LogP contribution in [0.15, 0.2) is 52.9 Å².